The molecule has 5 heteroatoms. The lowest BCUT2D eigenvalue weighted by Gasteiger charge is -2.34. The third kappa shape index (κ3) is 4.50. The van der Waals surface area contributed by atoms with Gasteiger partial charge < -0.3 is 15.3 Å². The van der Waals surface area contributed by atoms with Gasteiger partial charge in [-0.15, -0.1) is 0 Å². The van der Waals surface area contributed by atoms with Gasteiger partial charge in [-0.1, -0.05) is 48.0 Å². The van der Waals surface area contributed by atoms with Gasteiger partial charge >= 0.3 is 0 Å². The van der Waals surface area contributed by atoms with Crippen LogP contribution in [0, 0.1) is 23.7 Å². The van der Waals surface area contributed by atoms with E-state index in [-0.39, 0.29) is 12.0 Å². The predicted octanol–water partition coefficient (Wildman–Crippen LogP) is 3.19. The first kappa shape index (κ1) is 21.8. The van der Waals surface area contributed by atoms with Gasteiger partial charge in [-0.3, -0.25) is 9.59 Å². The Morgan fingerprint density at radius 1 is 1.04 bits per heavy atom. The van der Waals surface area contributed by atoms with Crippen LogP contribution < -0.4 is 0 Å². The van der Waals surface area contributed by atoms with Crippen LogP contribution in [0.5, 0.6) is 0 Å². The zero-order valence-corrected chi connectivity index (χ0v) is 16.4. The highest BCUT2D eigenvalue weighted by Crippen LogP contribution is 2.44. The maximum atomic E-state index is 12.8. The van der Waals surface area contributed by atoms with E-state index in [1.807, 2.05) is 27.7 Å². The minimum atomic E-state index is -2.07. The summed E-state index contributed by atoms with van der Waals surface area (Å²) in [6, 6.07) is 0. The lowest BCUT2D eigenvalue weighted by molar-refractivity contribution is -0.137. The number of allylic oxidation sites excluding steroid dienone is 1. The quantitative estimate of drug-likeness (QED) is 0.553. The summed E-state index contributed by atoms with van der Waals surface area (Å²) in [6.07, 6.45) is 0.604. The van der Waals surface area contributed by atoms with Crippen LogP contribution in [0.15, 0.2) is 11.3 Å². The van der Waals surface area contributed by atoms with E-state index in [4.69, 9.17) is 0 Å². The highest BCUT2D eigenvalue weighted by atomic mass is 16.4. The molecular weight excluding hydrogens is 320 g/mol. The summed E-state index contributed by atoms with van der Waals surface area (Å²) >= 11 is 0. The molecule has 0 saturated heterocycles. The second-order valence-electron chi connectivity index (χ2n) is 8.44. The molecule has 1 aliphatic carbocycles. The lowest BCUT2D eigenvalue weighted by atomic mass is 9.78. The number of rotatable bonds is 9. The van der Waals surface area contributed by atoms with Gasteiger partial charge in [0.15, 0.2) is 17.2 Å². The maximum absolute atomic E-state index is 12.8. The molecule has 0 heterocycles. The highest BCUT2D eigenvalue weighted by Gasteiger charge is 2.58. The summed E-state index contributed by atoms with van der Waals surface area (Å²) in [5.74, 6) is -2.49. The van der Waals surface area contributed by atoms with Gasteiger partial charge in [0, 0.05) is 5.92 Å². The molecule has 3 N–H and O–H groups in total. The number of hydrogen-bond acceptors (Lipinski definition) is 5. The van der Waals surface area contributed by atoms with Crippen LogP contribution >= 0.6 is 0 Å². The van der Waals surface area contributed by atoms with Gasteiger partial charge in [0.1, 0.15) is 11.3 Å². The standard InChI is InChI=1S/C20H34O5/c1-11(2)7-9-14-18(23)16(17(22)13(5)6)19(24)20(14,25)15(21)10-8-12(3)4/h11-15,21,24-25H,7-10H2,1-6H3/t14-,15?,20+/m1/s1. The van der Waals surface area contributed by atoms with Crippen molar-refractivity contribution in [3.05, 3.63) is 11.3 Å². The number of hydrogen-bond donors (Lipinski definition) is 3. The molecule has 0 saturated carbocycles. The molecule has 0 aromatic heterocycles. The molecule has 5 nitrogen and oxygen atoms in total. The van der Waals surface area contributed by atoms with Gasteiger partial charge in [-0.2, -0.15) is 0 Å². The van der Waals surface area contributed by atoms with Gasteiger partial charge in [0.05, 0.1) is 12.0 Å². The summed E-state index contributed by atoms with van der Waals surface area (Å²) in [5, 5.41) is 32.4. The van der Waals surface area contributed by atoms with Crippen molar-refractivity contribution in [3.63, 3.8) is 0 Å². The van der Waals surface area contributed by atoms with E-state index in [9.17, 15) is 24.9 Å². The molecule has 1 unspecified atom stereocenters. The summed E-state index contributed by atoms with van der Waals surface area (Å²) in [6.45, 7) is 11.3. The number of carbonyl (C=O) groups is 2. The van der Waals surface area contributed by atoms with Crippen LogP contribution in [0.4, 0.5) is 0 Å². The highest BCUT2D eigenvalue weighted by molar-refractivity contribution is 6.24. The lowest BCUT2D eigenvalue weighted by Crippen LogP contribution is -2.49. The van der Waals surface area contributed by atoms with Gasteiger partial charge in [-0.05, 0) is 31.1 Å². The van der Waals surface area contributed by atoms with Crippen LogP contribution in [0.1, 0.15) is 67.2 Å². The van der Waals surface area contributed by atoms with Gasteiger partial charge in [-0.25, -0.2) is 0 Å². The topological polar surface area (TPSA) is 94.8 Å². The summed E-state index contributed by atoms with van der Waals surface area (Å²) < 4.78 is 0. The fraction of sp³-hybridized carbons (Fsp3) is 0.800. The van der Waals surface area contributed by atoms with E-state index in [0.29, 0.717) is 31.1 Å². The summed E-state index contributed by atoms with van der Waals surface area (Å²) in [5.41, 5.74) is -2.39. The molecule has 0 spiro atoms. The maximum Gasteiger partial charge on any atom is 0.176 e. The molecule has 0 bridgehead atoms. The number of aliphatic hydroxyl groups is 3. The van der Waals surface area contributed by atoms with Gasteiger partial charge in [0.25, 0.3) is 0 Å². The Labute approximate surface area is 151 Å². The second kappa shape index (κ2) is 8.45. The largest absolute Gasteiger partial charge is 0.508 e. The zero-order valence-electron chi connectivity index (χ0n) is 16.4. The Balaban J connectivity index is 3.27. The molecule has 0 radical (unpaired) electrons. The van der Waals surface area contributed by atoms with Crippen molar-refractivity contribution in [3.8, 4) is 0 Å². The minimum Gasteiger partial charge on any atom is -0.508 e. The van der Waals surface area contributed by atoms with Crippen LogP contribution in [0.2, 0.25) is 0 Å². The van der Waals surface area contributed by atoms with Crippen molar-refractivity contribution in [2.45, 2.75) is 78.9 Å². The Morgan fingerprint density at radius 3 is 2.00 bits per heavy atom. The average Bonchev–Trinajstić information content (AvgIpc) is 2.69. The SMILES string of the molecule is CC(C)CCC(O)[C@]1(O)C(O)=C(C(=O)C(C)C)C(=O)[C@H]1CCC(C)C. The molecule has 0 amide bonds. The molecule has 0 aliphatic heterocycles. The number of Topliss-reactive ketones (excluding diaryl/α,β-unsaturated/α-hetero) is 2. The van der Waals surface area contributed by atoms with Crippen molar-refractivity contribution in [2.24, 2.45) is 23.7 Å². The summed E-state index contributed by atoms with van der Waals surface area (Å²) in [4.78, 5) is 25.2. The second-order valence-corrected chi connectivity index (χ2v) is 8.44. The van der Waals surface area contributed by atoms with Crippen LogP contribution in [0.25, 0.3) is 0 Å². The molecule has 3 atom stereocenters. The minimum absolute atomic E-state index is 0.257. The molecule has 144 valence electrons. The Bertz CT molecular complexity index is 532. The van der Waals surface area contributed by atoms with Crippen molar-refractivity contribution >= 4 is 11.6 Å². The first-order chi connectivity index (χ1) is 11.4. The Morgan fingerprint density at radius 2 is 1.56 bits per heavy atom. The molecule has 0 aromatic rings. The smallest absolute Gasteiger partial charge is 0.176 e. The van der Waals surface area contributed by atoms with Crippen LogP contribution in [-0.2, 0) is 9.59 Å². The van der Waals surface area contributed by atoms with E-state index in [0.717, 1.165) is 0 Å². The molecular formula is C20H34O5. The number of ketones is 2. The monoisotopic (exact) mass is 354 g/mol. The third-order valence-corrected chi connectivity index (χ3v) is 5.04. The predicted molar refractivity (Wildman–Crippen MR) is 97.1 cm³/mol. The third-order valence-electron chi connectivity index (χ3n) is 5.04. The molecule has 1 aliphatic rings. The van der Waals surface area contributed by atoms with E-state index >= 15 is 0 Å². The zero-order chi connectivity index (χ0) is 19.5. The fourth-order valence-corrected chi connectivity index (χ4v) is 3.34. The van der Waals surface area contributed by atoms with Crippen molar-refractivity contribution < 1.29 is 24.9 Å². The average molecular weight is 354 g/mol. The Hall–Kier alpha value is -1.20. The molecule has 1 rings (SSSR count). The van der Waals surface area contributed by atoms with Crippen molar-refractivity contribution in [2.75, 3.05) is 0 Å². The molecule has 0 fully saturated rings. The van der Waals surface area contributed by atoms with Crippen molar-refractivity contribution in [1.82, 2.24) is 0 Å². The molecule has 25 heavy (non-hydrogen) atoms. The number of carbonyl (C=O) groups excluding carboxylic acids is 2. The van der Waals surface area contributed by atoms with Crippen LogP contribution in [-0.4, -0.2) is 38.6 Å². The summed E-state index contributed by atoms with van der Waals surface area (Å²) in [7, 11) is 0. The first-order valence-corrected chi connectivity index (χ1v) is 9.37. The van der Waals surface area contributed by atoms with E-state index in [2.05, 4.69) is 0 Å². The van der Waals surface area contributed by atoms with Crippen LogP contribution in [0.3, 0.4) is 0 Å². The van der Waals surface area contributed by atoms with E-state index in [1.165, 1.54) is 0 Å². The van der Waals surface area contributed by atoms with Gasteiger partial charge in [0.2, 0.25) is 0 Å². The van der Waals surface area contributed by atoms with E-state index < -0.39 is 40.9 Å². The van der Waals surface area contributed by atoms with Crippen molar-refractivity contribution in [1.29, 1.82) is 0 Å². The normalized spacial score (nSPS) is 25.6. The first-order valence-electron chi connectivity index (χ1n) is 9.37. The molecule has 0 aromatic carbocycles. The number of aliphatic hydroxyl groups excluding tert-OH is 2. The van der Waals surface area contributed by atoms with E-state index in [1.54, 1.807) is 13.8 Å². The Kier molecular flexibility index (Phi) is 7.39. The fourth-order valence-electron chi connectivity index (χ4n) is 3.34.